The third-order valence-electron chi connectivity index (χ3n) is 3.26. The van der Waals surface area contributed by atoms with E-state index in [1.54, 1.807) is 19.4 Å². The highest BCUT2D eigenvalue weighted by Gasteiger charge is 2.30. The topological polar surface area (TPSA) is 62.3 Å². The number of nitrogens with zero attached hydrogens (tertiary/aromatic N) is 2. The summed E-state index contributed by atoms with van der Waals surface area (Å²) in [6.45, 7) is 1.88. The second-order valence-electron chi connectivity index (χ2n) is 4.62. The fourth-order valence-electron chi connectivity index (χ4n) is 2.16. The maximum Gasteiger partial charge on any atom is 0.218 e. The zero-order valence-corrected chi connectivity index (χ0v) is 11.4. The van der Waals surface area contributed by atoms with Crippen molar-refractivity contribution >= 4 is 10.0 Å². The van der Waals surface area contributed by atoms with Gasteiger partial charge in [-0.2, -0.15) is 0 Å². The van der Waals surface area contributed by atoms with Gasteiger partial charge in [0.1, 0.15) is 0 Å². The summed E-state index contributed by atoms with van der Waals surface area (Å²) < 4.78 is 26.2. The number of rotatable bonds is 4. The highest BCUT2D eigenvalue weighted by atomic mass is 32.2. The summed E-state index contributed by atoms with van der Waals surface area (Å²) in [6.07, 6.45) is 5.03. The lowest BCUT2D eigenvalue weighted by molar-refractivity contribution is 0.429. The van der Waals surface area contributed by atoms with Crippen molar-refractivity contribution in [1.29, 1.82) is 0 Å². The van der Waals surface area contributed by atoms with Gasteiger partial charge < -0.3 is 5.32 Å². The van der Waals surface area contributed by atoms with E-state index >= 15 is 0 Å². The Morgan fingerprint density at radius 3 is 2.78 bits per heavy atom. The molecular weight excluding hydrogens is 250 g/mol. The van der Waals surface area contributed by atoms with Crippen LogP contribution in [0.3, 0.4) is 0 Å². The lowest BCUT2D eigenvalue weighted by Gasteiger charge is -2.27. The minimum atomic E-state index is -3.21. The molecule has 0 spiro atoms. The van der Waals surface area contributed by atoms with Gasteiger partial charge in [-0.15, -0.1) is 0 Å². The van der Waals surface area contributed by atoms with Crippen molar-refractivity contribution in [3.05, 3.63) is 30.1 Å². The average Bonchev–Trinajstić information content (AvgIpc) is 2.41. The molecule has 1 aliphatic heterocycles. The quantitative estimate of drug-likeness (QED) is 0.869. The average molecular weight is 269 g/mol. The molecule has 0 aromatic carbocycles. The summed E-state index contributed by atoms with van der Waals surface area (Å²) in [7, 11) is -1.57. The maximum absolute atomic E-state index is 12.4. The first-order valence-corrected chi connectivity index (χ1v) is 7.66. The lowest BCUT2D eigenvalue weighted by atomic mass is 10.2. The van der Waals surface area contributed by atoms with Crippen LogP contribution in [0.4, 0.5) is 0 Å². The summed E-state index contributed by atoms with van der Waals surface area (Å²) in [5.74, 6) is 0. The van der Waals surface area contributed by atoms with Crippen LogP contribution in [0.1, 0.15) is 18.4 Å². The number of hydrogen-bond acceptors (Lipinski definition) is 4. The smallest absolute Gasteiger partial charge is 0.218 e. The standard InChI is InChI=1S/C12H19N3O2S/c1-15(10-11-4-7-13-8-5-11)18(16,17)12-3-2-6-14-9-12/h4-5,7-8,12,14H,2-3,6,9-10H2,1H3. The van der Waals surface area contributed by atoms with Crippen molar-refractivity contribution in [1.82, 2.24) is 14.6 Å². The number of aromatic nitrogens is 1. The number of piperidine rings is 1. The summed E-state index contributed by atoms with van der Waals surface area (Å²) >= 11 is 0. The minimum Gasteiger partial charge on any atom is -0.315 e. The van der Waals surface area contributed by atoms with E-state index in [0.29, 0.717) is 13.1 Å². The van der Waals surface area contributed by atoms with Gasteiger partial charge in [0, 0.05) is 32.5 Å². The zero-order chi connectivity index (χ0) is 13.0. The number of nitrogens with one attached hydrogen (secondary N) is 1. The van der Waals surface area contributed by atoms with E-state index in [-0.39, 0.29) is 5.25 Å². The second kappa shape index (κ2) is 5.77. The van der Waals surface area contributed by atoms with Gasteiger partial charge in [-0.3, -0.25) is 4.98 Å². The van der Waals surface area contributed by atoms with Crippen molar-refractivity contribution in [3.8, 4) is 0 Å². The van der Waals surface area contributed by atoms with E-state index in [9.17, 15) is 8.42 Å². The molecule has 1 aromatic rings. The van der Waals surface area contributed by atoms with E-state index in [2.05, 4.69) is 10.3 Å². The Bertz CT molecular complexity index is 469. The molecular formula is C12H19N3O2S. The molecule has 1 aromatic heterocycles. The Labute approximate surface area is 108 Å². The molecule has 1 unspecified atom stereocenters. The molecule has 0 bridgehead atoms. The predicted molar refractivity (Wildman–Crippen MR) is 70.5 cm³/mol. The van der Waals surface area contributed by atoms with Gasteiger partial charge in [-0.25, -0.2) is 12.7 Å². The van der Waals surface area contributed by atoms with E-state index in [1.807, 2.05) is 12.1 Å². The normalized spacial score (nSPS) is 21.1. The molecule has 2 heterocycles. The molecule has 1 N–H and O–H groups in total. The lowest BCUT2D eigenvalue weighted by Crippen LogP contribution is -2.44. The van der Waals surface area contributed by atoms with Crippen LogP contribution in [0.25, 0.3) is 0 Å². The second-order valence-corrected chi connectivity index (χ2v) is 6.94. The van der Waals surface area contributed by atoms with Crippen LogP contribution >= 0.6 is 0 Å². The Morgan fingerprint density at radius 1 is 1.44 bits per heavy atom. The van der Waals surface area contributed by atoms with E-state index in [0.717, 1.165) is 24.9 Å². The summed E-state index contributed by atoms with van der Waals surface area (Å²) in [6, 6.07) is 3.68. The Hall–Kier alpha value is -0.980. The number of pyridine rings is 1. The molecule has 0 saturated carbocycles. The molecule has 0 radical (unpaired) electrons. The van der Waals surface area contributed by atoms with E-state index < -0.39 is 10.0 Å². The fraction of sp³-hybridized carbons (Fsp3) is 0.583. The summed E-state index contributed by atoms with van der Waals surface area (Å²) in [5, 5.41) is 2.85. The Kier molecular flexibility index (Phi) is 4.31. The van der Waals surface area contributed by atoms with Gasteiger partial charge in [0.05, 0.1) is 5.25 Å². The zero-order valence-electron chi connectivity index (χ0n) is 10.5. The largest absolute Gasteiger partial charge is 0.315 e. The highest BCUT2D eigenvalue weighted by Crippen LogP contribution is 2.17. The molecule has 0 amide bonds. The van der Waals surface area contributed by atoms with Gasteiger partial charge in [0.25, 0.3) is 0 Å². The van der Waals surface area contributed by atoms with Crippen LogP contribution in [-0.4, -0.2) is 43.1 Å². The van der Waals surface area contributed by atoms with Crippen molar-refractivity contribution in [3.63, 3.8) is 0 Å². The van der Waals surface area contributed by atoms with Crippen molar-refractivity contribution < 1.29 is 8.42 Å². The van der Waals surface area contributed by atoms with Crippen LogP contribution in [0, 0.1) is 0 Å². The Morgan fingerprint density at radius 2 is 2.17 bits per heavy atom. The van der Waals surface area contributed by atoms with Crippen LogP contribution in [0.2, 0.25) is 0 Å². The molecule has 18 heavy (non-hydrogen) atoms. The third-order valence-corrected chi connectivity index (χ3v) is 5.50. The molecule has 5 nitrogen and oxygen atoms in total. The first-order chi connectivity index (χ1) is 8.60. The van der Waals surface area contributed by atoms with Crippen molar-refractivity contribution in [2.75, 3.05) is 20.1 Å². The number of sulfonamides is 1. The predicted octanol–water partition coefficient (Wildman–Crippen LogP) is 0.595. The van der Waals surface area contributed by atoms with Gasteiger partial charge in [-0.05, 0) is 37.1 Å². The maximum atomic E-state index is 12.4. The third kappa shape index (κ3) is 3.07. The van der Waals surface area contributed by atoms with Crippen molar-refractivity contribution in [2.45, 2.75) is 24.6 Å². The van der Waals surface area contributed by atoms with Crippen LogP contribution in [-0.2, 0) is 16.6 Å². The SMILES string of the molecule is CN(Cc1ccncc1)S(=O)(=O)C1CCCNC1. The summed E-state index contributed by atoms with van der Waals surface area (Å²) in [5.41, 5.74) is 0.958. The van der Waals surface area contributed by atoms with Gasteiger partial charge in [-0.1, -0.05) is 0 Å². The molecule has 1 aliphatic rings. The van der Waals surface area contributed by atoms with Gasteiger partial charge >= 0.3 is 0 Å². The van der Waals surface area contributed by atoms with Crippen molar-refractivity contribution in [2.24, 2.45) is 0 Å². The Balaban J connectivity index is 2.05. The fourth-order valence-corrected chi connectivity index (χ4v) is 3.79. The molecule has 0 aliphatic carbocycles. The van der Waals surface area contributed by atoms with Crippen LogP contribution in [0.15, 0.2) is 24.5 Å². The van der Waals surface area contributed by atoms with Crippen LogP contribution < -0.4 is 5.32 Å². The van der Waals surface area contributed by atoms with Gasteiger partial charge in [0.15, 0.2) is 0 Å². The molecule has 6 heteroatoms. The number of hydrogen-bond donors (Lipinski definition) is 1. The first-order valence-electron chi connectivity index (χ1n) is 6.15. The molecule has 1 fully saturated rings. The van der Waals surface area contributed by atoms with Gasteiger partial charge in [0.2, 0.25) is 10.0 Å². The highest BCUT2D eigenvalue weighted by molar-refractivity contribution is 7.89. The molecule has 2 rings (SSSR count). The monoisotopic (exact) mass is 269 g/mol. The minimum absolute atomic E-state index is 0.293. The van der Waals surface area contributed by atoms with E-state index in [1.165, 1.54) is 4.31 Å². The first kappa shape index (κ1) is 13.5. The van der Waals surface area contributed by atoms with E-state index in [4.69, 9.17) is 0 Å². The van der Waals surface area contributed by atoms with Crippen LogP contribution in [0.5, 0.6) is 0 Å². The molecule has 1 saturated heterocycles. The summed E-state index contributed by atoms with van der Waals surface area (Å²) in [4.78, 5) is 3.93. The molecule has 1 atom stereocenters. The molecule has 100 valence electrons.